The summed E-state index contributed by atoms with van der Waals surface area (Å²) in [4.78, 5) is 23.6. The molecule has 0 bridgehead atoms. The number of rotatable bonds is 8. The van der Waals surface area contributed by atoms with E-state index in [9.17, 15) is 9.59 Å². The standard InChI is InChI=1S/C28H34N4O4/c1-19(22-7-5-4-6-8-22)36-28(34)29-27-26(30-31-32(27)3)25-15-13-24(14-16-25)23-11-9-21(10-12-23)17-18-35-20(2)33/h4-8,13-16,19,21,23H,9-12,17-18H2,1-3H3,(H,29,34). The first-order valence-corrected chi connectivity index (χ1v) is 12.6. The van der Waals surface area contributed by atoms with Gasteiger partial charge in [0.1, 0.15) is 11.8 Å². The summed E-state index contributed by atoms with van der Waals surface area (Å²) in [6.45, 7) is 3.81. The van der Waals surface area contributed by atoms with Crippen LogP contribution in [0.15, 0.2) is 54.6 Å². The molecule has 0 spiro atoms. The molecule has 36 heavy (non-hydrogen) atoms. The number of hydrogen-bond acceptors (Lipinski definition) is 6. The van der Waals surface area contributed by atoms with Gasteiger partial charge in [0.05, 0.1) is 6.61 Å². The van der Waals surface area contributed by atoms with Crippen molar-refractivity contribution in [2.24, 2.45) is 13.0 Å². The summed E-state index contributed by atoms with van der Waals surface area (Å²) in [6, 6.07) is 18.0. The van der Waals surface area contributed by atoms with Crippen LogP contribution in [-0.2, 0) is 21.3 Å². The van der Waals surface area contributed by atoms with Crippen molar-refractivity contribution in [1.29, 1.82) is 0 Å². The number of aryl methyl sites for hydroxylation is 1. The quantitative estimate of drug-likeness (QED) is 0.388. The van der Waals surface area contributed by atoms with Gasteiger partial charge in [0, 0.05) is 19.5 Å². The first kappa shape index (κ1) is 25.4. The van der Waals surface area contributed by atoms with Crippen molar-refractivity contribution in [1.82, 2.24) is 15.0 Å². The van der Waals surface area contributed by atoms with Crippen molar-refractivity contribution in [3.63, 3.8) is 0 Å². The Labute approximate surface area is 212 Å². The topological polar surface area (TPSA) is 95.3 Å². The van der Waals surface area contributed by atoms with Gasteiger partial charge in [0.15, 0.2) is 5.82 Å². The molecular weight excluding hydrogens is 456 g/mol. The molecular formula is C28H34N4O4. The molecule has 3 aromatic rings. The van der Waals surface area contributed by atoms with E-state index < -0.39 is 6.09 Å². The second kappa shape index (κ2) is 11.8. The Kier molecular flexibility index (Phi) is 8.36. The van der Waals surface area contributed by atoms with Gasteiger partial charge in [-0.25, -0.2) is 9.48 Å². The first-order chi connectivity index (χ1) is 17.4. The van der Waals surface area contributed by atoms with Crippen LogP contribution in [0.5, 0.6) is 0 Å². The van der Waals surface area contributed by atoms with Gasteiger partial charge in [-0.05, 0) is 62.0 Å². The number of hydrogen-bond donors (Lipinski definition) is 1. The van der Waals surface area contributed by atoms with Crippen LogP contribution in [0.1, 0.15) is 69.1 Å². The largest absolute Gasteiger partial charge is 0.466 e. The van der Waals surface area contributed by atoms with Crippen LogP contribution >= 0.6 is 0 Å². The fourth-order valence-electron chi connectivity index (χ4n) is 4.84. The van der Waals surface area contributed by atoms with Crippen molar-refractivity contribution in [2.75, 3.05) is 11.9 Å². The number of carbonyl (C=O) groups excluding carboxylic acids is 2. The van der Waals surface area contributed by atoms with Crippen LogP contribution in [0.2, 0.25) is 0 Å². The Bertz CT molecular complexity index is 1150. The fraction of sp³-hybridized carbons (Fsp3) is 0.429. The molecule has 1 aliphatic rings. The van der Waals surface area contributed by atoms with E-state index in [1.54, 1.807) is 7.05 Å². The van der Waals surface area contributed by atoms with Crippen LogP contribution in [-0.4, -0.2) is 33.7 Å². The second-order valence-corrected chi connectivity index (χ2v) is 9.46. The van der Waals surface area contributed by atoms with Gasteiger partial charge in [-0.3, -0.25) is 10.1 Å². The zero-order valence-electron chi connectivity index (χ0n) is 21.1. The number of amides is 1. The lowest BCUT2D eigenvalue weighted by Crippen LogP contribution is -2.18. The van der Waals surface area contributed by atoms with E-state index in [-0.39, 0.29) is 12.1 Å². The first-order valence-electron chi connectivity index (χ1n) is 12.6. The molecule has 190 valence electrons. The second-order valence-electron chi connectivity index (χ2n) is 9.46. The van der Waals surface area contributed by atoms with Gasteiger partial charge in [-0.15, -0.1) is 5.10 Å². The molecule has 0 radical (unpaired) electrons. The highest BCUT2D eigenvalue weighted by Crippen LogP contribution is 2.38. The van der Waals surface area contributed by atoms with E-state index in [0.29, 0.717) is 30.0 Å². The molecule has 1 saturated carbocycles. The van der Waals surface area contributed by atoms with Crippen molar-refractivity contribution in [2.45, 2.75) is 58.0 Å². The summed E-state index contributed by atoms with van der Waals surface area (Å²) in [5.41, 5.74) is 3.72. The minimum absolute atomic E-state index is 0.205. The number of esters is 1. The van der Waals surface area contributed by atoms with E-state index in [1.807, 2.05) is 49.4 Å². The van der Waals surface area contributed by atoms with Crippen LogP contribution in [0.4, 0.5) is 10.6 Å². The van der Waals surface area contributed by atoms with Crippen molar-refractivity contribution < 1.29 is 19.1 Å². The lowest BCUT2D eigenvalue weighted by atomic mass is 9.77. The minimum Gasteiger partial charge on any atom is -0.466 e. The molecule has 1 unspecified atom stereocenters. The lowest BCUT2D eigenvalue weighted by molar-refractivity contribution is -0.141. The van der Waals surface area contributed by atoms with Gasteiger partial charge >= 0.3 is 12.1 Å². The maximum absolute atomic E-state index is 12.6. The van der Waals surface area contributed by atoms with E-state index in [0.717, 1.165) is 43.2 Å². The molecule has 8 heteroatoms. The summed E-state index contributed by atoms with van der Waals surface area (Å²) >= 11 is 0. The lowest BCUT2D eigenvalue weighted by Gasteiger charge is -2.28. The minimum atomic E-state index is -0.555. The molecule has 0 aliphatic heterocycles. The maximum Gasteiger partial charge on any atom is 0.413 e. The SMILES string of the molecule is CC(=O)OCCC1CCC(c2ccc(-c3nnn(C)c3NC(=O)OC(C)c3ccccc3)cc2)CC1. The van der Waals surface area contributed by atoms with E-state index in [4.69, 9.17) is 9.47 Å². The molecule has 8 nitrogen and oxygen atoms in total. The molecule has 1 heterocycles. The van der Waals surface area contributed by atoms with Gasteiger partial charge in [-0.2, -0.15) is 0 Å². The van der Waals surface area contributed by atoms with Gasteiger partial charge in [0.25, 0.3) is 0 Å². The highest BCUT2D eigenvalue weighted by atomic mass is 16.6. The molecule has 1 aromatic heterocycles. The summed E-state index contributed by atoms with van der Waals surface area (Å²) in [7, 11) is 1.74. The highest BCUT2D eigenvalue weighted by molar-refractivity contribution is 5.88. The van der Waals surface area contributed by atoms with Gasteiger partial charge in [-0.1, -0.05) is 59.8 Å². The smallest absolute Gasteiger partial charge is 0.413 e. The highest BCUT2D eigenvalue weighted by Gasteiger charge is 2.23. The molecule has 1 aliphatic carbocycles. The third kappa shape index (κ3) is 6.50. The average molecular weight is 491 g/mol. The number of aromatic nitrogens is 3. The normalized spacial score (nSPS) is 18.3. The summed E-state index contributed by atoms with van der Waals surface area (Å²) in [6.07, 6.45) is 4.57. The third-order valence-corrected chi connectivity index (χ3v) is 6.93. The van der Waals surface area contributed by atoms with Crippen molar-refractivity contribution in [3.05, 3.63) is 65.7 Å². The number of nitrogens with one attached hydrogen (secondary N) is 1. The fourth-order valence-corrected chi connectivity index (χ4v) is 4.84. The van der Waals surface area contributed by atoms with Crippen LogP contribution in [0.25, 0.3) is 11.3 Å². The summed E-state index contributed by atoms with van der Waals surface area (Å²) in [5, 5.41) is 11.2. The molecule has 1 amide bonds. The molecule has 1 N–H and O–H groups in total. The van der Waals surface area contributed by atoms with E-state index in [1.165, 1.54) is 17.2 Å². The van der Waals surface area contributed by atoms with E-state index >= 15 is 0 Å². The zero-order valence-corrected chi connectivity index (χ0v) is 21.1. The zero-order chi connectivity index (χ0) is 25.5. The Morgan fingerprint density at radius 3 is 2.42 bits per heavy atom. The number of carbonyl (C=O) groups is 2. The Balaban J connectivity index is 1.35. The number of anilines is 1. The Morgan fingerprint density at radius 2 is 1.75 bits per heavy atom. The molecule has 0 saturated heterocycles. The number of ether oxygens (including phenoxy) is 2. The predicted octanol–water partition coefficient (Wildman–Crippen LogP) is 6.02. The van der Waals surface area contributed by atoms with Gasteiger partial charge < -0.3 is 9.47 Å². The van der Waals surface area contributed by atoms with E-state index in [2.05, 4.69) is 27.8 Å². The predicted molar refractivity (Wildman–Crippen MR) is 137 cm³/mol. The molecule has 1 fully saturated rings. The van der Waals surface area contributed by atoms with Crippen LogP contribution < -0.4 is 5.32 Å². The number of benzene rings is 2. The molecule has 1 atom stereocenters. The average Bonchev–Trinajstić information content (AvgIpc) is 3.24. The van der Waals surface area contributed by atoms with Crippen LogP contribution in [0.3, 0.4) is 0 Å². The van der Waals surface area contributed by atoms with Crippen LogP contribution in [0, 0.1) is 5.92 Å². The monoisotopic (exact) mass is 490 g/mol. The summed E-state index contributed by atoms with van der Waals surface area (Å²) < 4.78 is 12.2. The summed E-state index contributed by atoms with van der Waals surface area (Å²) in [5.74, 6) is 1.43. The molecule has 2 aromatic carbocycles. The molecule has 4 rings (SSSR count). The third-order valence-electron chi connectivity index (χ3n) is 6.93. The Morgan fingerprint density at radius 1 is 1.06 bits per heavy atom. The maximum atomic E-state index is 12.6. The van der Waals surface area contributed by atoms with Crippen molar-refractivity contribution in [3.8, 4) is 11.3 Å². The van der Waals surface area contributed by atoms with Gasteiger partial charge in [0.2, 0.25) is 0 Å². The Hall–Kier alpha value is -3.68. The van der Waals surface area contributed by atoms with Crippen molar-refractivity contribution >= 4 is 17.9 Å². The number of nitrogens with zero attached hydrogens (tertiary/aromatic N) is 3.